The maximum Gasteiger partial charge on any atom is 0.229 e. The summed E-state index contributed by atoms with van der Waals surface area (Å²) in [5.41, 5.74) is 1.20. The molecule has 2 fully saturated rings. The standard InChI is InChI=1S/C17H26N4O2/c1-2-14-10-15(22-19-14)11-21-7-5-12(6-8-21)9-16-18-17(23-20-16)13-3-4-13/h12-13,15H,2-11H2,1H3/t15-/m1/s1. The van der Waals surface area contributed by atoms with Crippen LogP contribution < -0.4 is 0 Å². The Kier molecular flexibility index (Phi) is 4.33. The van der Waals surface area contributed by atoms with Gasteiger partial charge in [-0.1, -0.05) is 17.2 Å². The van der Waals surface area contributed by atoms with Crippen LogP contribution in [0.15, 0.2) is 9.68 Å². The van der Waals surface area contributed by atoms with Gasteiger partial charge in [0.2, 0.25) is 5.89 Å². The summed E-state index contributed by atoms with van der Waals surface area (Å²) in [6.07, 6.45) is 8.09. The van der Waals surface area contributed by atoms with Crippen molar-refractivity contribution in [3.63, 3.8) is 0 Å². The van der Waals surface area contributed by atoms with Gasteiger partial charge in [0, 0.05) is 25.3 Å². The highest BCUT2D eigenvalue weighted by Gasteiger charge is 2.30. The van der Waals surface area contributed by atoms with Gasteiger partial charge in [0.1, 0.15) is 6.10 Å². The van der Waals surface area contributed by atoms with Crippen molar-refractivity contribution in [3.8, 4) is 0 Å². The number of oxime groups is 1. The number of piperidine rings is 1. The first-order valence-electron chi connectivity index (χ1n) is 9.06. The van der Waals surface area contributed by atoms with Crippen LogP contribution in [0.4, 0.5) is 0 Å². The van der Waals surface area contributed by atoms with Gasteiger partial charge in [-0.05, 0) is 51.1 Å². The van der Waals surface area contributed by atoms with Crippen LogP contribution in [0.25, 0.3) is 0 Å². The first-order chi connectivity index (χ1) is 11.3. The topological polar surface area (TPSA) is 63.8 Å². The Balaban J connectivity index is 1.20. The molecule has 3 aliphatic rings. The number of aromatic nitrogens is 2. The first kappa shape index (κ1) is 15.1. The van der Waals surface area contributed by atoms with E-state index in [0.717, 1.165) is 50.6 Å². The van der Waals surface area contributed by atoms with Crippen LogP contribution >= 0.6 is 0 Å². The molecule has 0 aromatic carbocycles. The number of rotatable bonds is 6. The van der Waals surface area contributed by atoms with Gasteiger partial charge in [0.25, 0.3) is 0 Å². The molecular formula is C17H26N4O2. The summed E-state index contributed by atoms with van der Waals surface area (Å²) in [5, 5.41) is 8.31. The SMILES string of the molecule is CCC1=NO[C@@H](CN2CCC(Cc3noc(C4CC4)n3)CC2)C1. The lowest BCUT2D eigenvalue weighted by atomic mass is 9.93. The minimum Gasteiger partial charge on any atom is -0.391 e. The number of nitrogens with zero attached hydrogens (tertiary/aromatic N) is 4. The Morgan fingerprint density at radius 3 is 2.70 bits per heavy atom. The normalized spacial score (nSPS) is 26.3. The average Bonchev–Trinajstić information content (AvgIpc) is 3.15. The van der Waals surface area contributed by atoms with Gasteiger partial charge in [-0.3, -0.25) is 4.90 Å². The Bertz CT molecular complexity index is 559. The van der Waals surface area contributed by atoms with Gasteiger partial charge in [-0.15, -0.1) is 0 Å². The maximum atomic E-state index is 5.53. The zero-order chi connectivity index (χ0) is 15.6. The lowest BCUT2D eigenvalue weighted by Gasteiger charge is -2.32. The minimum absolute atomic E-state index is 0.264. The van der Waals surface area contributed by atoms with Crippen LogP contribution in [0, 0.1) is 5.92 Å². The summed E-state index contributed by atoms with van der Waals surface area (Å²) in [6, 6.07) is 0. The Labute approximate surface area is 137 Å². The molecule has 0 amide bonds. The third kappa shape index (κ3) is 3.74. The number of hydrogen-bond donors (Lipinski definition) is 0. The molecule has 1 atom stereocenters. The summed E-state index contributed by atoms with van der Waals surface area (Å²) in [4.78, 5) is 12.6. The molecule has 0 bridgehead atoms. The lowest BCUT2D eigenvalue weighted by molar-refractivity contribution is 0.0418. The molecule has 3 heterocycles. The molecule has 0 spiro atoms. The summed E-state index contributed by atoms with van der Waals surface area (Å²) >= 11 is 0. The Hall–Kier alpha value is -1.43. The molecule has 1 aromatic heterocycles. The Morgan fingerprint density at radius 1 is 1.17 bits per heavy atom. The third-order valence-corrected chi connectivity index (χ3v) is 5.25. The van der Waals surface area contributed by atoms with E-state index in [2.05, 4.69) is 27.1 Å². The fourth-order valence-corrected chi connectivity index (χ4v) is 3.56. The molecule has 1 aromatic rings. The number of likely N-dealkylation sites (tertiary alicyclic amines) is 1. The van der Waals surface area contributed by atoms with Crippen molar-refractivity contribution in [2.24, 2.45) is 11.1 Å². The first-order valence-corrected chi connectivity index (χ1v) is 9.06. The highest BCUT2D eigenvalue weighted by atomic mass is 16.6. The van der Waals surface area contributed by atoms with Crippen molar-refractivity contribution in [1.82, 2.24) is 15.0 Å². The van der Waals surface area contributed by atoms with Gasteiger partial charge in [-0.25, -0.2) is 0 Å². The predicted octanol–water partition coefficient (Wildman–Crippen LogP) is 2.76. The number of hydrogen-bond acceptors (Lipinski definition) is 6. The molecule has 2 aliphatic heterocycles. The highest BCUT2D eigenvalue weighted by Crippen LogP contribution is 2.39. The van der Waals surface area contributed by atoms with Crippen LogP contribution in [0.5, 0.6) is 0 Å². The summed E-state index contributed by atoms with van der Waals surface area (Å²) in [7, 11) is 0. The van der Waals surface area contributed by atoms with Crippen LogP contribution in [-0.2, 0) is 11.3 Å². The highest BCUT2D eigenvalue weighted by molar-refractivity contribution is 5.85. The molecule has 0 radical (unpaired) electrons. The molecule has 0 unspecified atom stereocenters. The fourth-order valence-electron chi connectivity index (χ4n) is 3.56. The molecular weight excluding hydrogens is 292 g/mol. The summed E-state index contributed by atoms with van der Waals surface area (Å²) in [6.45, 7) is 5.43. The van der Waals surface area contributed by atoms with E-state index in [-0.39, 0.29) is 6.10 Å². The van der Waals surface area contributed by atoms with E-state index < -0.39 is 0 Å². The lowest BCUT2D eigenvalue weighted by Crippen LogP contribution is -2.39. The van der Waals surface area contributed by atoms with Gasteiger partial charge in [0.05, 0.1) is 5.71 Å². The molecule has 23 heavy (non-hydrogen) atoms. The van der Waals surface area contributed by atoms with Crippen molar-refractivity contribution in [3.05, 3.63) is 11.7 Å². The van der Waals surface area contributed by atoms with E-state index in [1.165, 1.54) is 31.4 Å². The largest absolute Gasteiger partial charge is 0.391 e. The van der Waals surface area contributed by atoms with E-state index in [4.69, 9.17) is 9.36 Å². The van der Waals surface area contributed by atoms with Gasteiger partial charge in [0.15, 0.2) is 5.82 Å². The minimum atomic E-state index is 0.264. The quantitative estimate of drug-likeness (QED) is 0.807. The molecule has 6 nitrogen and oxygen atoms in total. The van der Waals surface area contributed by atoms with Crippen molar-refractivity contribution < 1.29 is 9.36 Å². The van der Waals surface area contributed by atoms with E-state index in [9.17, 15) is 0 Å². The molecule has 6 heteroatoms. The van der Waals surface area contributed by atoms with Crippen molar-refractivity contribution >= 4 is 5.71 Å². The van der Waals surface area contributed by atoms with Gasteiger partial charge >= 0.3 is 0 Å². The summed E-state index contributed by atoms with van der Waals surface area (Å²) in [5.74, 6) is 3.01. The molecule has 0 N–H and O–H groups in total. The molecule has 1 saturated carbocycles. The molecule has 1 saturated heterocycles. The monoisotopic (exact) mass is 318 g/mol. The summed E-state index contributed by atoms with van der Waals surface area (Å²) < 4.78 is 5.36. The fraction of sp³-hybridized carbons (Fsp3) is 0.824. The third-order valence-electron chi connectivity index (χ3n) is 5.25. The molecule has 126 valence electrons. The van der Waals surface area contributed by atoms with E-state index in [1.807, 2.05) is 0 Å². The van der Waals surface area contributed by atoms with Crippen LogP contribution in [0.3, 0.4) is 0 Å². The van der Waals surface area contributed by atoms with E-state index in [0.29, 0.717) is 11.8 Å². The zero-order valence-corrected chi connectivity index (χ0v) is 13.9. The van der Waals surface area contributed by atoms with E-state index in [1.54, 1.807) is 0 Å². The van der Waals surface area contributed by atoms with Crippen molar-refractivity contribution in [2.45, 2.75) is 63.9 Å². The molecule has 1 aliphatic carbocycles. The second-order valence-electron chi connectivity index (χ2n) is 7.21. The van der Waals surface area contributed by atoms with E-state index >= 15 is 0 Å². The maximum absolute atomic E-state index is 5.53. The van der Waals surface area contributed by atoms with Crippen LogP contribution in [0.2, 0.25) is 0 Å². The smallest absolute Gasteiger partial charge is 0.229 e. The average molecular weight is 318 g/mol. The van der Waals surface area contributed by atoms with Gasteiger partial charge in [-0.2, -0.15) is 4.98 Å². The zero-order valence-electron chi connectivity index (χ0n) is 13.9. The Morgan fingerprint density at radius 2 is 2.00 bits per heavy atom. The van der Waals surface area contributed by atoms with Crippen molar-refractivity contribution in [2.75, 3.05) is 19.6 Å². The second kappa shape index (κ2) is 6.59. The van der Waals surface area contributed by atoms with Crippen molar-refractivity contribution in [1.29, 1.82) is 0 Å². The predicted molar refractivity (Wildman–Crippen MR) is 86.4 cm³/mol. The molecule has 4 rings (SSSR count). The second-order valence-corrected chi connectivity index (χ2v) is 7.21. The van der Waals surface area contributed by atoms with Crippen LogP contribution in [-0.4, -0.2) is 46.5 Å². The van der Waals surface area contributed by atoms with Crippen LogP contribution in [0.1, 0.15) is 63.1 Å². The van der Waals surface area contributed by atoms with Gasteiger partial charge < -0.3 is 9.36 Å².